The highest BCUT2D eigenvalue weighted by atomic mass is 32.2. The van der Waals surface area contributed by atoms with Crippen molar-refractivity contribution >= 4 is 21.6 Å². The summed E-state index contributed by atoms with van der Waals surface area (Å²) in [5.74, 6) is 1.27. The highest BCUT2D eigenvalue weighted by molar-refractivity contribution is 7.92. The van der Waals surface area contributed by atoms with Gasteiger partial charge in [-0.1, -0.05) is 43.7 Å². The molecule has 8 nitrogen and oxygen atoms in total. The Bertz CT molecular complexity index is 1320. The number of nitrogens with one attached hydrogen (secondary N) is 1. The molecule has 38 heavy (non-hydrogen) atoms. The number of sulfonamides is 1. The van der Waals surface area contributed by atoms with Crippen LogP contribution in [0.4, 0.5) is 5.69 Å². The Morgan fingerprint density at radius 3 is 2.03 bits per heavy atom. The van der Waals surface area contributed by atoms with E-state index in [1.807, 2.05) is 31.2 Å². The lowest BCUT2D eigenvalue weighted by Crippen LogP contribution is -2.42. The number of anilines is 1. The third-order valence-corrected chi connectivity index (χ3v) is 7.89. The van der Waals surface area contributed by atoms with Crippen LogP contribution in [0.15, 0.2) is 71.6 Å². The van der Waals surface area contributed by atoms with Gasteiger partial charge in [0.1, 0.15) is 23.8 Å². The van der Waals surface area contributed by atoms with E-state index in [0.29, 0.717) is 23.7 Å². The van der Waals surface area contributed by atoms with Gasteiger partial charge in [0.15, 0.2) is 0 Å². The Morgan fingerprint density at radius 1 is 0.868 bits per heavy atom. The lowest BCUT2D eigenvalue weighted by Gasteiger charge is -2.28. The van der Waals surface area contributed by atoms with Crippen LogP contribution >= 0.6 is 0 Å². The lowest BCUT2D eigenvalue weighted by atomic mass is 9.97. The first kappa shape index (κ1) is 28.8. The van der Waals surface area contributed by atoms with Crippen LogP contribution in [0.1, 0.15) is 37.4 Å². The van der Waals surface area contributed by atoms with E-state index in [1.54, 1.807) is 37.4 Å². The first-order valence-corrected chi connectivity index (χ1v) is 13.8. The zero-order valence-electron chi connectivity index (χ0n) is 22.7. The van der Waals surface area contributed by atoms with Crippen LogP contribution < -0.4 is 23.8 Å². The van der Waals surface area contributed by atoms with Crippen LogP contribution in [0.5, 0.6) is 17.2 Å². The molecule has 0 radical (unpaired) electrons. The Kier molecular flexibility index (Phi) is 9.63. The molecule has 0 saturated carbocycles. The minimum atomic E-state index is -4.14. The molecule has 0 aliphatic carbocycles. The smallest absolute Gasteiger partial charge is 0.264 e. The van der Waals surface area contributed by atoms with Crippen molar-refractivity contribution < 1.29 is 27.4 Å². The van der Waals surface area contributed by atoms with Crippen LogP contribution in [0.25, 0.3) is 0 Å². The highest BCUT2D eigenvalue weighted by Gasteiger charge is 2.31. The summed E-state index contributed by atoms with van der Waals surface area (Å²) in [6.45, 7) is 5.56. The van der Waals surface area contributed by atoms with Gasteiger partial charge in [0.25, 0.3) is 10.0 Å². The van der Waals surface area contributed by atoms with Gasteiger partial charge in [-0.2, -0.15) is 0 Å². The molecule has 3 aromatic rings. The molecule has 0 heterocycles. The van der Waals surface area contributed by atoms with E-state index in [4.69, 9.17) is 14.2 Å². The number of nitrogens with zero attached hydrogens (tertiary/aromatic N) is 1. The molecular formula is C29H36N2O6S. The average Bonchev–Trinajstić information content (AvgIpc) is 2.91. The van der Waals surface area contributed by atoms with E-state index in [0.717, 1.165) is 15.4 Å². The number of aryl methyl sites for hydroxylation is 1. The molecule has 0 aliphatic heterocycles. The van der Waals surface area contributed by atoms with Gasteiger partial charge >= 0.3 is 0 Å². The maximum atomic E-state index is 13.9. The molecule has 204 valence electrons. The molecular weight excluding hydrogens is 504 g/mol. The van der Waals surface area contributed by atoms with Gasteiger partial charge in [0.2, 0.25) is 5.91 Å². The fourth-order valence-corrected chi connectivity index (χ4v) is 5.51. The fraction of sp³-hybridized carbons (Fsp3) is 0.345. The van der Waals surface area contributed by atoms with Crippen molar-refractivity contribution in [2.45, 2.75) is 38.1 Å². The number of methoxy groups -OCH3 is 3. The Labute approximate surface area is 225 Å². The Balaban J connectivity index is 2.01. The maximum absolute atomic E-state index is 13.9. The second-order valence-electron chi connectivity index (χ2n) is 9.39. The van der Waals surface area contributed by atoms with E-state index in [-0.39, 0.29) is 22.5 Å². The Hall–Kier alpha value is -3.72. The maximum Gasteiger partial charge on any atom is 0.264 e. The van der Waals surface area contributed by atoms with Gasteiger partial charge in [-0.15, -0.1) is 0 Å². The van der Waals surface area contributed by atoms with Crippen LogP contribution in [0.2, 0.25) is 0 Å². The van der Waals surface area contributed by atoms with Crippen molar-refractivity contribution in [3.8, 4) is 17.2 Å². The van der Waals surface area contributed by atoms with Crippen molar-refractivity contribution in [3.05, 3.63) is 77.9 Å². The van der Waals surface area contributed by atoms with E-state index in [9.17, 15) is 13.2 Å². The number of rotatable bonds is 12. The van der Waals surface area contributed by atoms with E-state index < -0.39 is 22.5 Å². The number of carbonyl (C=O) groups is 1. The third kappa shape index (κ3) is 6.98. The molecule has 0 saturated heterocycles. The molecule has 0 aromatic heterocycles. The van der Waals surface area contributed by atoms with Gasteiger partial charge < -0.3 is 19.5 Å². The molecule has 0 bridgehead atoms. The summed E-state index contributed by atoms with van der Waals surface area (Å²) in [6, 6.07) is 18.5. The molecule has 0 unspecified atom stereocenters. The molecule has 1 N–H and O–H groups in total. The molecule has 3 rings (SSSR count). The second kappa shape index (κ2) is 12.7. The summed E-state index contributed by atoms with van der Waals surface area (Å²) in [4.78, 5) is 13.6. The van der Waals surface area contributed by atoms with Gasteiger partial charge in [0.05, 0.1) is 38.0 Å². The fourth-order valence-electron chi connectivity index (χ4n) is 4.09. The Morgan fingerprint density at radius 2 is 1.47 bits per heavy atom. The predicted octanol–water partition coefficient (Wildman–Crippen LogP) is 5.12. The third-order valence-electron chi connectivity index (χ3n) is 6.11. The van der Waals surface area contributed by atoms with Crippen LogP contribution in [-0.2, 0) is 14.8 Å². The van der Waals surface area contributed by atoms with Crippen LogP contribution in [-0.4, -0.2) is 42.2 Å². The lowest BCUT2D eigenvalue weighted by molar-refractivity contribution is -0.120. The number of benzene rings is 3. The number of amides is 1. The van der Waals surface area contributed by atoms with Gasteiger partial charge in [-0.05, 0) is 61.2 Å². The topological polar surface area (TPSA) is 94.2 Å². The standard InChI is InChI=1S/C29H36N2O6S/c1-20(2)17-26(22-9-11-23(35-4)12-10-22)30-29(32)19-31(27-18-24(36-5)13-16-28(27)37-6)38(33,34)25-14-7-21(3)8-15-25/h7-16,18,20,26H,17,19H2,1-6H3,(H,30,32)/t26-/m1/s1. The minimum absolute atomic E-state index is 0.0645. The minimum Gasteiger partial charge on any atom is -0.497 e. The van der Waals surface area contributed by atoms with Gasteiger partial charge in [-0.3, -0.25) is 9.10 Å². The number of hydrogen-bond donors (Lipinski definition) is 1. The van der Waals surface area contributed by atoms with Crippen molar-refractivity contribution in [1.29, 1.82) is 0 Å². The summed E-state index contributed by atoms with van der Waals surface area (Å²) < 4.78 is 44.9. The summed E-state index contributed by atoms with van der Waals surface area (Å²) in [6.07, 6.45) is 0.672. The summed E-state index contributed by atoms with van der Waals surface area (Å²) >= 11 is 0. The van der Waals surface area contributed by atoms with E-state index in [2.05, 4.69) is 19.2 Å². The normalized spacial score (nSPS) is 12.1. The number of carbonyl (C=O) groups excluding carboxylic acids is 1. The predicted molar refractivity (Wildman–Crippen MR) is 149 cm³/mol. The molecule has 0 spiro atoms. The van der Waals surface area contributed by atoms with Crippen molar-refractivity contribution in [2.24, 2.45) is 5.92 Å². The largest absolute Gasteiger partial charge is 0.497 e. The summed E-state index contributed by atoms with van der Waals surface area (Å²) in [5.41, 5.74) is 2.02. The van der Waals surface area contributed by atoms with Gasteiger partial charge in [-0.25, -0.2) is 8.42 Å². The zero-order chi connectivity index (χ0) is 27.9. The van der Waals surface area contributed by atoms with Crippen LogP contribution in [0.3, 0.4) is 0 Å². The quantitative estimate of drug-likeness (QED) is 0.343. The van der Waals surface area contributed by atoms with Crippen molar-refractivity contribution in [2.75, 3.05) is 32.2 Å². The second-order valence-corrected chi connectivity index (χ2v) is 11.2. The average molecular weight is 541 g/mol. The zero-order valence-corrected chi connectivity index (χ0v) is 23.5. The first-order valence-electron chi connectivity index (χ1n) is 12.3. The summed E-state index contributed by atoms with van der Waals surface area (Å²) in [7, 11) is 0.397. The summed E-state index contributed by atoms with van der Waals surface area (Å²) in [5, 5.41) is 3.04. The monoisotopic (exact) mass is 540 g/mol. The van der Waals surface area contributed by atoms with E-state index in [1.165, 1.54) is 26.4 Å². The molecule has 0 fully saturated rings. The molecule has 1 atom stereocenters. The number of hydrogen-bond acceptors (Lipinski definition) is 6. The number of ether oxygens (including phenoxy) is 3. The molecule has 0 aliphatic rings. The molecule has 3 aromatic carbocycles. The SMILES string of the molecule is COc1ccc([C@@H](CC(C)C)NC(=O)CN(c2cc(OC)ccc2OC)S(=O)(=O)c2ccc(C)cc2)cc1. The van der Waals surface area contributed by atoms with Crippen molar-refractivity contribution in [3.63, 3.8) is 0 Å². The van der Waals surface area contributed by atoms with Gasteiger partial charge in [0, 0.05) is 6.07 Å². The molecule has 9 heteroatoms. The van der Waals surface area contributed by atoms with Crippen molar-refractivity contribution in [1.82, 2.24) is 5.32 Å². The highest BCUT2D eigenvalue weighted by Crippen LogP contribution is 2.36. The van der Waals surface area contributed by atoms with E-state index >= 15 is 0 Å². The van der Waals surface area contributed by atoms with Crippen LogP contribution in [0, 0.1) is 12.8 Å². The first-order chi connectivity index (χ1) is 18.1. The molecule has 1 amide bonds.